The van der Waals surface area contributed by atoms with Crippen molar-refractivity contribution in [3.63, 3.8) is 0 Å². The number of piperidine rings is 1. The van der Waals surface area contributed by atoms with Crippen LogP contribution in [0.4, 0.5) is 0 Å². The predicted octanol–water partition coefficient (Wildman–Crippen LogP) is 1.23. The summed E-state index contributed by atoms with van der Waals surface area (Å²) in [6.45, 7) is 5.49. The van der Waals surface area contributed by atoms with E-state index in [0.717, 1.165) is 24.7 Å². The topological polar surface area (TPSA) is 42.7 Å². The van der Waals surface area contributed by atoms with E-state index in [9.17, 15) is 0 Å². The van der Waals surface area contributed by atoms with E-state index in [1.807, 2.05) is 6.33 Å². The standard InChI is InChI=1S/C11H20N4/c1-2-15-9-13-14-11(15)6-5-10-4-3-7-12-8-10/h9-10,12H,2-8H2,1H3. The average Bonchev–Trinajstić information content (AvgIpc) is 2.75. The van der Waals surface area contributed by atoms with Gasteiger partial charge in [-0.1, -0.05) is 0 Å². The van der Waals surface area contributed by atoms with Crippen molar-refractivity contribution in [1.82, 2.24) is 20.1 Å². The molecule has 0 aromatic carbocycles. The fourth-order valence-corrected chi connectivity index (χ4v) is 2.24. The van der Waals surface area contributed by atoms with Gasteiger partial charge in [-0.3, -0.25) is 0 Å². The quantitative estimate of drug-likeness (QED) is 0.809. The van der Waals surface area contributed by atoms with Crippen molar-refractivity contribution in [2.24, 2.45) is 5.92 Å². The maximum absolute atomic E-state index is 4.16. The maximum atomic E-state index is 4.16. The molecule has 4 nitrogen and oxygen atoms in total. The van der Waals surface area contributed by atoms with Crippen LogP contribution in [0.2, 0.25) is 0 Å². The van der Waals surface area contributed by atoms with Gasteiger partial charge in [-0.2, -0.15) is 0 Å². The van der Waals surface area contributed by atoms with E-state index in [1.54, 1.807) is 0 Å². The van der Waals surface area contributed by atoms with Gasteiger partial charge in [-0.05, 0) is 45.2 Å². The van der Waals surface area contributed by atoms with Crippen LogP contribution in [-0.4, -0.2) is 27.9 Å². The van der Waals surface area contributed by atoms with Gasteiger partial charge in [0.2, 0.25) is 0 Å². The highest BCUT2D eigenvalue weighted by Gasteiger charge is 2.14. The summed E-state index contributed by atoms with van der Waals surface area (Å²) in [5, 5.41) is 11.6. The molecule has 1 unspecified atom stereocenters. The lowest BCUT2D eigenvalue weighted by Gasteiger charge is -2.22. The van der Waals surface area contributed by atoms with Crippen LogP contribution in [0, 0.1) is 5.92 Å². The van der Waals surface area contributed by atoms with Gasteiger partial charge in [0.1, 0.15) is 12.2 Å². The highest BCUT2D eigenvalue weighted by atomic mass is 15.3. The number of aryl methyl sites for hydroxylation is 2. The van der Waals surface area contributed by atoms with Gasteiger partial charge < -0.3 is 9.88 Å². The van der Waals surface area contributed by atoms with Gasteiger partial charge in [0.25, 0.3) is 0 Å². The minimum atomic E-state index is 0.834. The normalized spacial score (nSPS) is 21.8. The van der Waals surface area contributed by atoms with E-state index in [4.69, 9.17) is 0 Å². The minimum absolute atomic E-state index is 0.834. The first-order valence-corrected chi connectivity index (χ1v) is 5.97. The van der Waals surface area contributed by atoms with Gasteiger partial charge in [-0.25, -0.2) is 0 Å². The Balaban J connectivity index is 1.81. The van der Waals surface area contributed by atoms with Crippen LogP contribution in [0.25, 0.3) is 0 Å². The molecule has 0 saturated carbocycles. The van der Waals surface area contributed by atoms with Crippen molar-refractivity contribution in [3.05, 3.63) is 12.2 Å². The summed E-state index contributed by atoms with van der Waals surface area (Å²) < 4.78 is 2.14. The Kier molecular flexibility index (Phi) is 3.72. The lowest BCUT2D eigenvalue weighted by atomic mass is 9.94. The lowest BCUT2D eigenvalue weighted by molar-refractivity contribution is 0.354. The highest BCUT2D eigenvalue weighted by molar-refractivity contribution is 4.86. The number of nitrogens with one attached hydrogen (secondary N) is 1. The number of rotatable bonds is 4. The second-order valence-corrected chi connectivity index (χ2v) is 4.28. The molecule has 0 radical (unpaired) electrons. The molecular formula is C11H20N4. The van der Waals surface area contributed by atoms with Crippen LogP contribution in [0.5, 0.6) is 0 Å². The summed E-state index contributed by atoms with van der Waals surface area (Å²) in [4.78, 5) is 0. The molecule has 4 heteroatoms. The Morgan fingerprint density at radius 3 is 3.27 bits per heavy atom. The SMILES string of the molecule is CCn1cnnc1CCC1CCCNC1. The summed E-state index contributed by atoms with van der Waals surface area (Å²) in [5.74, 6) is 1.98. The fraction of sp³-hybridized carbons (Fsp3) is 0.818. The molecule has 1 fully saturated rings. The maximum Gasteiger partial charge on any atom is 0.132 e. The van der Waals surface area contributed by atoms with Crippen molar-refractivity contribution in [1.29, 1.82) is 0 Å². The number of nitrogens with zero attached hydrogens (tertiary/aromatic N) is 3. The van der Waals surface area contributed by atoms with Crippen LogP contribution >= 0.6 is 0 Å². The molecule has 2 rings (SSSR count). The Labute approximate surface area is 91.1 Å². The molecular weight excluding hydrogens is 188 g/mol. The predicted molar refractivity (Wildman–Crippen MR) is 59.6 cm³/mol. The molecule has 0 bridgehead atoms. The summed E-state index contributed by atoms with van der Waals surface area (Å²) in [7, 11) is 0. The average molecular weight is 208 g/mol. The molecule has 1 saturated heterocycles. The van der Waals surface area contributed by atoms with E-state index in [0.29, 0.717) is 0 Å². The van der Waals surface area contributed by atoms with Crippen molar-refractivity contribution in [3.8, 4) is 0 Å². The van der Waals surface area contributed by atoms with Crippen LogP contribution in [0.1, 0.15) is 32.0 Å². The second kappa shape index (κ2) is 5.26. The molecule has 0 aliphatic carbocycles. The zero-order valence-electron chi connectivity index (χ0n) is 9.45. The highest BCUT2D eigenvalue weighted by Crippen LogP contribution is 2.16. The molecule has 2 heterocycles. The molecule has 1 N–H and O–H groups in total. The largest absolute Gasteiger partial charge is 0.318 e. The first kappa shape index (κ1) is 10.6. The molecule has 1 aliphatic rings. The third-order valence-electron chi connectivity index (χ3n) is 3.21. The van der Waals surface area contributed by atoms with Gasteiger partial charge in [-0.15, -0.1) is 10.2 Å². The number of hydrogen-bond donors (Lipinski definition) is 1. The Morgan fingerprint density at radius 1 is 1.60 bits per heavy atom. The fourth-order valence-electron chi connectivity index (χ4n) is 2.24. The molecule has 1 aromatic heterocycles. The summed E-state index contributed by atoms with van der Waals surface area (Å²) in [6, 6.07) is 0. The van der Waals surface area contributed by atoms with Crippen molar-refractivity contribution in [2.75, 3.05) is 13.1 Å². The summed E-state index contributed by atoms with van der Waals surface area (Å²) in [5.41, 5.74) is 0. The van der Waals surface area contributed by atoms with Crippen LogP contribution in [0.15, 0.2) is 6.33 Å². The Morgan fingerprint density at radius 2 is 2.53 bits per heavy atom. The van der Waals surface area contributed by atoms with Gasteiger partial charge in [0.05, 0.1) is 0 Å². The third-order valence-corrected chi connectivity index (χ3v) is 3.21. The van der Waals surface area contributed by atoms with Gasteiger partial charge >= 0.3 is 0 Å². The minimum Gasteiger partial charge on any atom is -0.318 e. The smallest absolute Gasteiger partial charge is 0.132 e. The second-order valence-electron chi connectivity index (χ2n) is 4.28. The van der Waals surface area contributed by atoms with Gasteiger partial charge in [0.15, 0.2) is 0 Å². The van der Waals surface area contributed by atoms with Crippen molar-refractivity contribution < 1.29 is 0 Å². The Bertz CT molecular complexity index is 289. The molecule has 15 heavy (non-hydrogen) atoms. The van der Waals surface area contributed by atoms with Crippen LogP contribution in [0.3, 0.4) is 0 Å². The first-order chi connectivity index (χ1) is 7.40. The summed E-state index contributed by atoms with van der Waals surface area (Å²) in [6.07, 6.45) is 6.83. The van der Waals surface area contributed by atoms with E-state index in [2.05, 4.69) is 27.0 Å². The van der Waals surface area contributed by atoms with E-state index >= 15 is 0 Å². The number of aromatic nitrogens is 3. The zero-order chi connectivity index (χ0) is 10.5. The molecule has 1 atom stereocenters. The van der Waals surface area contributed by atoms with Crippen molar-refractivity contribution in [2.45, 2.75) is 39.2 Å². The molecule has 84 valence electrons. The monoisotopic (exact) mass is 208 g/mol. The van der Waals surface area contributed by atoms with Gasteiger partial charge in [0, 0.05) is 13.0 Å². The van der Waals surface area contributed by atoms with Crippen molar-refractivity contribution >= 4 is 0 Å². The third kappa shape index (κ3) is 2.78. The van der Waals surface area contributed by atoms with Crippen LogP contribution in [-0.2, 0) is 13.0 Å². The van der Waals surface area contributed by atoms with Crippen LogP contribution < -0.4 is 5.32 Å². The zero-order valence-corrected chi connectivity index (χ0v) is 9.45. The lowest BCUT2D eigenvalue weighted by Crippen LogP contribution is -2.30. The van der Waals surface area contributed by atoms with E-state index < -0.39 is 0 Å². The molecule has 1 aliphatic heterocycles. The molecule has 0 spiro atoms. The van der Waals surface area contributed by atoms with E-state index in [1.165, 1.54) is 32.4 Å². The molecule has 1 aromatic rings. The number of hydrogen-bond acceptors (Lipinski definition) is 3. The molecule has 0 amide bonds. The first-order valence-electron chi connectivity index (χ1n) is 5.97. The Hall–Kier alpha value is -0.900. The summed E-state index contributed by atoms with van der Waals surface area (Å²) >= 11 is 0. The van der Waals surface area contributed by atoms with E-state index in [-0.39, 0.29) is 0 Å².